The zero-order chi connectivity index (χ0) is 17.4. The summed E-state index contributed by atoms with van der Waals surface area (Å²) in [6.45, 7) is 4.51. The second-order valence-electron chi connectivity index (χ2n) is 5.05. The maximum Gasteiger partial charge on any atom is 0.259 e. The molecule has 0 bridgehead atoms. The Hall–Kier alpha value is -2.53. The molecule has 1 amide bonds. The van der Waals surface area contributed by atoms with Gasteiger partial charge in [0.1, 0.15) is 5.75 Å². The number of benzene rings is 2. The van der Waals surface area contributed by atoms with E-state index in [1.165, 1.54) is 0 Å². The van der Waals surface area contributed by atoms with Crippen LogP contribution in [0.15, 0.2) is 53.6 Å². The summed E-state index contributed by atoms with van der Waals surface area (Å²) in [7, 11) is 0. The Morgan fingerprint density at radius 1 is 1.12 bits per heavy atom. The summed E-state index contributed by atoms with van der Waals surface area (Å²) in [5.41, 5.74) is 4.98. The Labute approximate surface area is 146 Å². The first kappa shape index (κ1) is 17.8. The van der Waals surface area contributed by atoms with Crippen LogP contribution in [-0.2, 0) is 4.79 Å². The molecule has 0 saturated carbocycles. The number of rotatable bonds is 7. The zero-order valence-electron chi connectivity index (χ0n) is 13.7. The lowest BCUT2D eigenvalue weighted by molar-refractivity contribution is -0.119. The fourth-order valence-corrected chi connectivity index (χ4v) is 2.09. The minimum absolute atomic E-state index is 0.130. The molecular weight excluding hydrogens is 326 g/mol. The zero-order valence-corrected chi connectivity index (χ0v) is 14.4. The predicted octanol–water partition coefficient (Wildman–Crippen LogP) is 3.69. The van der Waals surface area contributed by atoms with Crippen LogP contribution < -0.4 is 15.5 Å². The Balaban J connectivity index is 1.82. The molecule has 5 nitrogen and oxygen atoms in total. The molecule has 0 aromatic heterocycles. The summed E-state index contributed by atoms with van der Waals surface area (Å²) in [6, 6.07) is 14.7. The normalized spacial score (nSPS) is 11.0. The maximum atomic E-state index is 11.8. The highest BCUT2D eigenvalue weighted by molar-refractivity contribution is 6.30. The number of hydrogen-bond acceptors (Lipinski definition) is 4. The van der Waals surface area contributed by atoms with E-state index >= 15 is 0 Å². The van der Waals surface area contributed by atoms with E-state index < -0.39 is 0 Å². The summed E-state index contributed by atoms with van der Waals surface area (Å²) in [4.78, 5) is 11.8. The Morgan fingerprint density at radius 2 is 1.79 bits per heavy atom. The summed E-state index contributed by atoms with van der Waals surface area (Å²) in [6.07, 6.45) is 0. The monoisotopic (exact) mass is 345 g/mol. The molecule has 2 aromatic rings. The second kappa shape index (κ2) is 8.93. The minimum atomic E-state index is -0.225. The number of ether oxygens (including phenoxy) is 1. The van der Waals surface area contributed by atoms with Gasteiger partial charge in [0.05, 0.1) is 18.9 Å². The van der Waals surface area contributed by atoms with Crippen molar-refractivity contribution in [3.05, 3.63) is 59.1 Å². The summed E-state index contributed by atoms with van der Waals surface area (Å²) in [5.74, 6) is 0.577. The van der Waals surface area contributed by atoms with Gasteiger partial charge in [0.25, 0.3) is 5.91 Å². The van der Waals surface area contributed by atoms with Crippen molar-refractivity contribution in [2.45, 2.75) is 13.8 Å². The van der Waals surface area contributed by atoms with Crippen LogP contribution in [0.2, 0.25) is 5.02 Å². The van der Waals surface area contributed by atoms with Crippen LogP contribution in [0.1, 0.15) is 19.4 Å². The molecule has 24 heavy (non-hydrogen) atoms. The van der Waals surface area contributed by atoms with Crippen molar-refractivity contribution in [3.8, 4) is 5.75 Å². The van der Waals surface area contributed by atoms with E-state index in [1.807, 2.05) is 50.2 Å². The van der Waals surface area contributed by atoms with E-state index in [4.69, 9.17) is 16.3 Å². The van der Waals surface area contributed by atoms with Gasteiger partial charge in [0.15, 0.2) is 0 Å². The number of anilines is 1. The van der Waals surface area contributed by atoms with Gasteiger partial charge in [0, 0.05) is 10.7 Å². The Bertz CT molecular complexity index is 697. The van der Waals surface area contributed by atoms with Crippen molar-refractivity contribution in [1.29, 1.82) is 0 Å². The standard InChI is InChI=1S/C18H20ClN3O2/c1-3-24-17-10-8-16(9-11-17)20-12-18(23)22-21-13(2)14-4-6-15(19)7-5-14/h4-11,20H,3,12H2,1-2H3,(H,22,23)/b21-13+. The number of carbonyl (C=O) groups excluding carboxylic acids is 1. The lowest BCUT2D eigenvalue weighted by atomic mass is 10.1. The number of nitrogens with zero attached hydrogens (tertiary/aromatic N) is 1. The van der Waals surface area contributed by atoms with Crippen LogP contribution in [0.25, 0.3) is 0 Å². The Morgan fingerprint density at radius 3 is 2.42 bits per heavy atom. The number of hydrazone groups is 1. The molecule has 0 unspecified atom stereocenters. The number of amides is 1. The summed E-state index contributed by atoms with van der Waals surface area (Å²) >= 11 is 5.84. The van der Waals surface area contributed by atoms with E-state index in [2.05, 4.69) is 15.8 Å². The molecule has 0 aliphatic heterocycles. The first-order valence-corrected chi connectivity index (χ1v) is 8.02. The molecule has 0 spiro atoms. The molecule has 0 saturated heterocycles. The van der Waals surface area contributed by atoms with Crippen LogP contribution in [0.3, 0.4) is 0 Å². The number of carbonyl (C=O) groups is 1. The van der Waals surface area contributed by atoms with Gasteiger partial charge >= 0.3 is 0 Å². The average Bonchev–Trinajstić information content (AvgIpc) is 2.60. The smallest absolute Gasteiger partial charge is 0.259 e. The lowest BCUT2D eigenvalue weighted by Crippen LogP contribution is -2.26. The molecule has 126 valence electrons. The average molecular weight is 346 g/mol. The summed E-state index contributed by atoms with van der Waals surface area (Å²) < 4.78 is 5.37. The Kier molecular flexibility index (Phi) is 6.63. The summed E-state index contributed by atoms with van der Waals surface area (Å²) in [5, 5.41) is 7.78. The van der Waals surface area contributed by atoms with E-state index in [-0.39, 0.29) is 12.5 Å². The largest absolute Gasteiger partial charge is 0.494 e. The lowest BCUT2D eigenvalue weighted by Gasteiger charge is -2.07. The highest BCUT2D eigenvalue weighted by Crippen LogP contribution is 2.15. The molecule has 0 aliphatic carbocycles. The van der Waals surface area contributed by atoms with Crippen molar-refractivity contribution >= 4 is 28.9 Å². The van der Waals surface area contributed by atoms with Gasteiger partial charge in [-0.25, -0.2) is 5.43 Å². The van der Waals surface area contributed by atoms with Gasteiger partial charge in [-0.1, -0.05) is 23.7 Å². The van der Waals surface area contributed by atoms with Crippen LogP contribution in [0.5, 0.6) is 5.75 Å². The highest BCUT2D eigenvalue weighted by atomic mass is 35.5. The molecule has 0 aliphatic rings. The van der Waals surface area contributed by atoms with Crippen molar-refractivity contribution in [1.82, 2.24) is 5.43 Å². The van der Waals surface area contributed by atoms with Crippen molar-refractivity contribution in [2.75, 3.05) is 18.5 Å². The van der Waals surface area contributed by atoms with Crippen molar-refractivity contribution < 1.29 is 9.53 Å². The molecule has 0 heterocycles. The van der Waals surface area contributed by atoms with E-state index in [0.717, 1.165) is 17.0 Å². The molecule has 2 rings (SSSR count). The third-order valence-corrected chi connectivity index (χ3v) is 3.48. The minimum Gasteiger partial charge on any atom is -0.494 e. The van der Waals surface area contributed by atoms with Gasteiger partial charge in [-0.2, -0.15) is 5.10 Å². The van der Waals surface area contributed by atoms with Gasteiger partial charge < -0.3 is 10.1 Å². The molecule has 2 N–H and O–H groups in total. The molecule has 2 aromatic carbocycles. The number of hydrogen-bond donors (Lipinski definition) is 2. The second-order valence-corrected chi connectivity index (χ2v) is 5.49. The molecule has 0 radical (unpaired) electrons. The van der Waals surface area contributed by atoms with Gasteiger partial charge in [-0.05, 0) is 55.8 Å². The van der Waals surface area contributed by atoms with Crippen LogP contribution in [-0.4, -0.2) is 24.8 Å². The van der Waals surface area contributed by atoms with E-state index in [1.54, 1.807) is 12.1 Å². The molecule has 0 atom stereocenters. The van der Waals surface area contributed by atoms with E-state index in [9.17, 15) is 4.79 Å². The number of nitrogens with one attached hydrogen (secondary N) is 2. The van der Waals surface area contributed by atoms with Crippen molar-refractivity contribution in [3.63, 3.8) is 0 Å². The molecule has 0 fully saturated rings. The molecule has 6 heteroatoms. The van der Waals surface area contributed by atoms with Crippen LogP contribution in [0, 0.1) is 0 Å². The van der Waals surface area contributed by atoms with Crippen molar-refractivity contribution in [2.24, 2.45) is 5.10 Å². The SMILES string of the molecule is CCOc1ccc(NCC(=O)N/N=C(\C)c2ccc(Cl)cc2)cc1. The highest BCUT2D eigenvalue weighted by Gasteiger charge is 2.02. The van der Waals surface area contributed by atoms with Gasteiger partial charge in [-0.15, -0.1) is 0 Å². The fraction of sp³-hybridized carbons (Fsp3) is 0.222. The first-order valence-electron chi connectivity index (χ1n) is 7.64. The topological polar surface area (TPSA) is 62.7 Å². The fourth-order valence-electron chi connectivity index (χ4n) is 1.96. The first-order chi connectivity index (χ1) is 11.6. The predicted molar refractivity (Wildman–Crippen MR) is 97.9 cm³/mol. The van der Waals surface area contributed by atoms with Gasteiger partial charge in [-0.3, -0.25) is 4.79 Å². The molecular formula is C18H20ClN3O2. The van der Waals surface area contributed by atoms with Gasteiger partial charge in [0.2, 0.25) is 0 Å². The quantitative estimate of drug-likeness (QED) is 0.594. The van der Waals surface area contributed by atoms with Crippen LogP contribution in [0.4, 0.5) is 5.69 Å². The third-order valence-electron chi connectivity index (χ3n) is 3.23. The number of halogens is 1. The third kappa shape index (κ3) is 5.59. The van der Waals surface area contributed by atoms with E-state index in [0.29, 0.717) is 17.3 Å². The van der Waals surface area contributed by atoms with Crippen LogP contribution >= 0.6 is 11.6 Å². The maximum absolute atomic E-state index is 11.8.